The molecule has 0 unspecified atom stereocenters. The van der Waals surface area contributed by atoms with E-state index in [1.54, 1.807) is 6.92 Å². The first kappa shape index (κ1) is 8.60. The summed E-state index contributed by atoms with van der Waals surface area (Å²) < 4.78 is 4.65. The fourth-order valence-corrected chi connectivity index (χ4v) is 2.31. The Morgan fingerprint density at radius 2 is 2.38 bits per heavy atom. The zero-order valence-corrected chi connectivity index (χ0v) is 9.10. The van der Waals surface area contributed by atoms with Gasteiger partial charge in [0.25, 0.3) is 0 Å². The van der Waals surface area contributed by atoms with Gasteiger partial charge in [0.05, 0.1) is 5.71 Å². The molecular formula is C4H7AlINO. The van der Waals surface area contributed by atoms with Crippen molar-refractivity contribution in [3.05, 3.63) is 0 Å². The Hall–Kier alpha value is 0.602. The van der Waals surface area contributed by atoms with Gasteiger partial charge in [-0.2, -0.15) is 0 Å². The van der Waals surface area contributed by atoms with Crippen molar-refractivity contribution in [1.82, 2.24) is 0 Å². The fourth-order valence-electron chi connectivity index (χ4n) is 0.311. The minimum absolute atomic E-state index is 0.106. The number of ketones is 1. The number of hydrogen-bond donors (Lipinski definition) is 0. The first-order valence-electron chi connectivity index (χ1n) is 2.25. The highest BCUT2D eigenvalue weighted by Crippen LogP contribution is 1.86. The molecule has 0 bridgehead atoms. The molecule has 0 aromatic carbocycles. The van der Waals surface area contributed by atoms with E-state index in [0.717, 1.165) is 26.7 Å². The molecule has 0 saturated carbocycles. The van der Waals surface area contributed by atoms with Crippen molar-refractivity contribution in [1.29, 1.82) is 0 Å². The first-order valence-corrected chi connectivity index (χ1v) is 4.67. The summed E-state index contributed by atoms with van der Waals surface area (Å²) in [6.07, 6.45) is 0. The Kier molecular flexibility index (Phi) is 4.82. The Morgan fingerprint density at radius 3 is 2.38 bits per heavy atom. The van der Waals surface area contributed by atoms with E-state index in [1.807, 2.05) is 0 Å². The summed E-state index contributed by atoms with van der Waals surface area (Å²) in [7, 11) is 0. The van der Waals surface area contributed by atoms with E-state index in [0.29, 0.717) is 0 Å². The van der Waals surface area contributed by atoms with Gasteiger partial charge >= 0.3 is 16.5 Å². The third-order valence-corrected chi connectivity index (χ3v) is 2.07. The summed E-state index contributed by atoms with van der Waals surface area (Å²) >= 11 is 2.88. The molecular weight excluding hydrogens is 232 g/mol. The minimum atomic E-state index is 0.106. The molecule has 0 rings (SSSR count). The summed E-state index contributed by atoms with van der Waals surface area (Å²) in [5, 5.41) is 0. The van der Waals surface area contributed by atoms with Gasteiger partial charge in [-0.25, -0.2) is 0 Å². The molecule has 0 spiro atoms. The van der Waals surface area contributed by atoms with Crippen molar-refractivity contribution in [3.8, 4) is 0 Å². The predicted molar refractivity (Wildman–Crippen MR) is 45.5 cm³/mol. The second-order valence-electron chi connectivity index (χ2n) is 1.36. The smallest absolute Gasteiger partial charge is 0.390 e. The lowest BCUT2D eigenvalue weighted by molar-refractivity contribution is -0.111. The van der Waals surface area contributed by atoms with Crippen LogP contribution in [0.4, 0.5) is 0 Å². The molecule has 0 aromatic heterocycles. The molecule has 0 fully saturated rings. The molecule has 0 aliphatic heterocycles. The van der Waals surface area contributed by atoms with Gasteiger partial charge in [-0.3, -0.25) is 4.79 Å². The van der Waals surface area contributed by atoms with E-state index >= 15 is 0 Å². The molecule has 44 valence electrons. The van der Waals surface area contributed by atoms with Crippen LogP contribution in [-0.4, -0.2) is 32.4 Å². The Balaban J connectivity index is 3.92. The molecule has 0 heterocycles. The van der Waals surface area contributed by atoms with Crippen LogP contribution in [0.2, 0.25) is 0 Å². The van der Waals surface area contributed by atoms with Gasteiger partial charge in [0, 0.05) is 11.4 Å². The maximum atomic E-state index is 10.5. The Bertz CT molecular complexity index is 123. The second-order valence-corrected chi connectivity index (χ2v) is 2.57. The average Bonchev–Trinajstić information content (AvgIpc) is 1.69. The number of carbonyl (C=O) groups excluding carboxylic acids is 1. The van der Waals surface area contributed by atoms with E-state index in [9.17, 15) is 4.79 Å². The number of halogens is 1. The van der Waals surface area contributed by atoms with Crippen molar-refractivity contribution < 1.29 is 4.79 Å². The van der Waals surface area contributed by atoms with Crippen LogP contribution < -0.4 is 0 Å². The molecule has 0 aromatic rings. The maximum Gasteiger partial charge on any atom is 0.390 e. The van der Waals surface area contributed by atoms with Gasteiger partial charge in [-0.15, -0.1) is 0 Å². The van der Waals surface area contributed by atoms with Crippen molar-refractivity contribution in [2.75, 3.05) is 4.43 Å². The van der Waals surface area contributed by atoms with Crippen molar-refractivity contribution in [2.45, 2.75) is 6.92 Å². The summed E-state index contributed by atoms with van der Waals surface area (Å²) in [5.74, 6) is 0.106. The van der Waals surface area contributed by atoms with Gasteiger partial charge in [0.15, 0.2) is 5.78 Å². The van der Waals surface area contributed by atoms with E-state index in [2.05, 4.69) is 26.6 Å². The van der Waals surface area contributed by atoms with Crippen LogP contribution in [0.5, 0.6) is 0 Å². The lowest BCUT2D eigenvalue weighted by atomic mass is 10.3. The van der Waals surface area contributed by atoms with Crippen molar-refractivity contribution in [3.63, 3.8) is 0 Å². The molecule has 0 radical (unpaired) electrons. The summed E-state index contributed by atoms with van der Waals surface area (Å²) in [6.45, 7) is 1.55. The largest absolute Gasteiger partial charge is 0.410 e. The quantitative estimate of drug-likeness (QED) is 0.288. The molecule has 4 heteroatoms. The van der Waals surface area contributed by atoms with E-state index in [-0.39, 0.29) is 5.78 Å². The Labute approximate surface area is 70.5 Å². The van der Waals surface area contributed by atoms with Crippen LogP contribution in [0, 0.1) is 0 Å². The minimum Gasteiger partial charge on any atom is -0.410 e. The number of alkyl halides is 1. The van der Waals surface area contributed by atoms with E-state index in [1.165, 1.54) is 0 Å². The third kappa shape index (κ3) is 2.80. The predicted octanol–water partition coefficient (Wildman–Crippen LogP) is -0.000500. The van der Waals surface area contributed by atoms with Gasteiger partial charge in [-0.1, -0.05) is 22.6 Å². The highest BCUT2D eigenvalue weighted by atomic mass is 127. The highest BCUT2D eigenvalue weighted by molar-refractivity contribution is 14.1. The number of hydrogen-bond acceptors (Lipinski definition) is 2. The van der Waals surface area contributed by atoms with Gasteiger partial charge in [0.2, 0.25) is 0 Å². The van der Waals surface area contributed by atoms with Crippen LogP contribution >= 0.6 is 22.6 Å². The van der Waals surface area contributed by atoms with E-state index in [4.69, 9.17) is 0 Å². The zero-order chi connectivity index (χ0) is 6.57. The van der Waals surface area contributed by atoms with Gasteiger partial charge in [-0.05, 0) is 0 Å². The SMILES string of the molecule is CC(=O)C(CI)=[N][AlH2]. The summed E-state index contributed by atoms with van der Waals surface area (Å²) in [4.78, 5) is 10.5. The molecule has 0 aliphatic rings. The summed E-state index contributed by atoms with van der Waals surface area (Å²) in [5.41, 5.74) is 0.720. The molecule has 0 amide bonds. The first-order chi connectivity index (χ1) is 3.72. The number of nitrogens with zero attached hydrogens (tertiary/aromatic N) is 1. The lowest BCUT2D eigenvalue weighted by Gasteiger charge is -1.91. The van der Waals surface area contributed by atoms with Crippen LogP contribution in [0.3, 0.4) is 0 Å². The van der Waals surface area contributed by atoms with Crippen LogP contribution in [-0.2, 0) is 4.79 Å². The van der Waals surface area contributed by atoms with Crippen molar-refractivity contribution >= 4 is 50.6 Å². The van der Waals surface area contributed by atoms with Crippen LogP contribution in [0.1, 0.15) is 6.92 Å². The highest BCUT2D eigenvalue weighted by Gasteiger charge is 1.97. The lowest BCUT2D eigenvalue weighted by Crippen LogP contribution is -2.10. The molecule has 0 atom stereocenters. The van der Waals surface area contributed by atoms with Gasteiger partial charge < -0.3 is 3.98 Å². The molecule has 0 N–H and O–H groups in total. The monoisotopic (exact) mass is 239 g/mol. The number of carbonyl (C=O) groups is 1. The van der Waals surface area contributed by atoms with E-state index < -0.39 is 0 Å². The summed E-state index contributed by atoms with van der Waals surface area (Å²) in [6, 6.07) is 0. The third-order valence-electron chi connectivity index (χ3n) is 0.803. The normalized spacial score (nSPS) is 11.5. The standard InChI is InChI=1S/C4H5INO.Al.2H/c1-3(7)4(6)2-5;;;/h2H2,1H3;;;/q-1;+1;;. The second kappa shape index (κ2) is 4.48. The topological polar surface area (TPSA) is 29.4 Å². The van der Waals surface area contributed by atoms with Crippen LogP contribution in [0.15, 0.2) is 3.98 Å². The zero-order valence-electron chi connectivity index (χ0n) is 4.94. The number of rotatable bonds is 2. The average molecular weight is 239 g/mol. The Morgan fingerprint density at radius 1 is 1.88 bits per heavy atom. The fraction of sp³-hybridized carbons (Fsp3) is 0.500. The molecule has 2 nitrogen and oxygen atoms in total. The molecule has 8 heavy (non-hydrogen) atoms. The maximum absolute atomic E-state index is 10.5. The molecule has 0 saturated heterocycles. The van der Waals surface area contributed by atoms with Crippen LogP contribution in [0.25, 0.3) is 0 Å². The van der Waals surface area contributed by atoms with Gasteiger partial charge in [0.1, 0.15) is 0 Å². The molecule has 0 aliphatic carbocycles. The van der Waals surface area contributed by atoms with Crippen molar-refractivity contribution in [2.24, 2.45) is 3.98 Å². The number of Topliss-reactive ketones (excluding diaryl/α,β-unsaturated/α-hetero) is 1.